The minimum absolute atomic E-state index is 0.0689. The monoisotopic (exact) mass is 614 g/mol. The maximum atomic E-state index is 14.9. The summed E-state index contributed by atoms with van der Waals surface area (Å²) >= 11 is 17.3. The highest BCUT2D eigenvalue weighted by Gasteiger charge is 2.41. The van der Waals surface area contributed by atoms with Crippen molar-refractivity contribution in [2.24, 2.45) is 0 Å². The van der Waals surface area contributed by atoms with Crippen molar-refractivity contribution in [2.75, 3.05) is 5.43 Å². The van der Waals surface area contributed by atoms with Gasteiger partial charge in [-0.1, -0.05) is 40.9 Å². The first kappa shape index (κ1) is 31.9. The molecule has 1 amide bonds. The molecule has 0 spiro atoms. The van der Waals surface area contributed by atoms with Gasteiger partial charge >= 0.3 is 12.4 Å². The van der Waals surface area contributed by atoms with E-state index in [0.29, 0.717) is 6.07 Å². The Morgan fingerprint density at radius 2 is 1.51 bits per heavy atom. The number of hydrogen-bond donors (Lipinski definition) is 2. The van der Waals surface area contributed by atoms with Crippen molar-refractivity contribution in [3.8, 4) is 0 Å². The topological polar surface area (TPSA) is 66.9 Å². The highest BCUT2D eigenvalue weighted by Crippen LogP contribution is 2.42. The lowest BCUT2D eigenvalue weighted by Gasteiger charge is -2.19. The van der Waals surface area contributed by atoms with Gasteiger partial charge in [0.2, 0.25) is 5.95 Å². The number of aromatic nitrogens is 2. The smallest absolute Gasteiger partial charge is 0.267 e. The lowest BCUT2D eigenvalue weighted by molar-refractivity contribution is -0.140. The molecule has 0 aliphatic rings. The Morgan fingerprint density at radius 3 is 2.03 bits per heavy atom. The van der Waals surface area contributed by atoms with E-state index < -0.39 is 52.3 Å². The van der Waals surface area contributed by atoms with Crippen molar-refractivity contribution in [2.45, 2.75) is 18.3 Å². The number of hydrazine groups is 1. The Morgan fingerprint density at radius 1 is 0.949 bits per heavy atom. The lowest BCUT2D eigenvalue weighted by atomic mass is 9.95. The Kier molecular flexibility index (Phi) is 10.7. The minimum Gasteiger partial charge on any atom is -0.267 e. The summed E-state index contributed by atoms with van der Waals surface area (Å²) in [5.41, 5.74) is 0.180. The molecule has 3 aromatic rings. The molecule has 3 rings (SSSR count). The first-order chi connectivity index (χ1) is 18.2. The van der Waals surface area contributed by atoms with Gasteiger partial charge in [0.1, 0.15) is 11.7 Å². The second-order valence-corrected chi connectivity index (χ2v) is 8.43. The molecule has 5 nitrogen and oxygen atoms in total. The Hall–Kier alpha value is -3.35. The molecule has 0 aliphatic carbocycles. The standard InChI is InChI=1S/C22H12Cl3F7N4O.C2H4/c23-15-7-11(8-16(24)18(15)25)13(21(27,28)29)9-17(26)10-2-3-12(14(6-10)22(30,31)32)19(37)35-36-20-33-4-1-5-34-20;1-2/h1-9,13H,(H,35,37)(H,33,34,36);1-2H2/b17-9-;. The van der Waals surface area contributed by atoms with E-state index in [1.54, 1.807) is 0 Å². The number of nitrogens with zero attached hydrogens (tertiary/aromatic N) is 2. The highest BCUT2D eigenvalue weighted by atomic mass is 35.5. The number of rotatable bonds is 6. The molecule has 0 bridgehead atoms. The van der Waals surface area contributed by atoms with Crippen LogP contribution in [0.25, 0.3) is 5.83 Å². The maximum Gasteiger partial charge on any atom is 0.417 e. The van der Waals surface area contributed by atoms with Crippen molar-refractivity contribution in [3.05, 3.63) is 105 Å². The fourth-order valence-electron chi connectivity index (χ4n) is 3.05. The predicted molar refractivity (Wildman–Crippen MR) is 135 cm³/mol. The van der Waals surface area contributed by atoms with E-state index in [4.69, 9.17) is 34.8 Å². The van der Waals surface area contributed by atoms with Gasteiger partial charge in [-0.2, -0.15) is 26.3 Å². The number of halogens is 10. The number of hydrogen-bond acceptors (Lipinski definition) is 4. The Balaban J connectivity index is 0.00000260. The maximum absolute atomic E-state index is 14.9. The summed E-state index contributed by atoms with van der Waals surface area (Å²) in [4.78, 5) is 19.7. The van der Waals surface area contributed by atoms with Crippen molar-refractivity contribution < 1.29 is 35.5 Å². The van der Waals surface area contributed by atoms with E-state index in [0.717, 1.165) is 18.2 Å². The van der Waals surface area contributed by atoms with Crippen LogP contribution in [0.5, 0.6) is 0 Å². The zero-order chi connectivity index (χ0) is 29.5. The minimum atomic E-state index is -5.16. The van der Waals surface area contributed by atoms with E-state index in [1.165, 1.54) is 18.5 Å². The molecule has 15 heteroatoms. The van der Waals surface area contributed by atoms with Gasteiger partial charge in [-0.05, 0) is 42.0 Å². The van der Waals surface area contributed by atoms with Crippen molar-refractivity contribution >= 4 is 52.5 Å². The van der Waals surface area contributed by atoms with Gasteiger partial charge in [0.25, 0.3) is 5.91 Å². The fraction of sp³-hybridized carbons (Fsp3) is 0.125. The van der Waals surface area contributed by atoms with Crippen LogP contribution in [0.15, 0.2) is 68.0 Å². The van der Waals surface area contributed by atoms with Gasteiger partial charge < -0.3 is 0 Å². The molecule has 0 fully saturated rings. The van der Waals surface area contributed by atoms with E-state index in [1.807, 2.05) is 5.43 Å². The van der Waals surface area contributed by atoms with Gasteiger partial charge in [-0.3, -0.25) is 15.6 Å². The molecule has 0 radical (unpaired) electrons. The molecule has 1 aromatic heterocycles. The molecule has 1 heterocycles. The van der Waals surface area contributed by atoms with Crippen LogP contribution in [0.3, 0.4) is 0 Å². The van der Waals surface area contributed by atoms with Crippen molar-refractivity contribution in [3.63, 3.8) is 0 Å². The third-order valence-corrected chi connectivity index (χ3v) is 5.93. The molecule has 39 heavy (non-hydrogen) atoms. The summed E-state index contributed by atoms with van der Waals surface area (Å²) in [5.74, 6) is -5.69. The second-order valence-electron chi connectivity index (χ2n) is 7.24. The molecular weight excluding hydrogens is 600 g/mol. The zero-order valence-electron chi connectivity index (χ0n) is 19.3. The number of amides is 1. The fourth-order valence-corrected chi connectivity index (χ4v) is 3.66. The molecule has 208 valence electrons. The molecule has 2 N–H and O–H groups in total. The van der Waals surface area contributed by atoms with E-state index in [-0.39, 0.29) is 33.2 Å². The van der Waals surface area contributed by atoms with Gasteiger partial charge in [0, 0.05) is 18.0 Å². The van der Waals surface area contributed by atoms with Crippen LogP contribution >= 0.6 is 34.8 Å². The van der Waals surface area contributed by atoms with Gasteiger partial charge in [-0.25, -0.2) is 14.4 Å². The van der Waals surface area contributed by atoms with E-state index in [9.17, 15) is 35.5 Å². The third-order valence-electron chi connectivity index (χ3n) is 4.73. The Bertz CT molecular complexity index is 1330. The highest BCUT2D eigenvalue weighted by molar-refractivity contribution is 6.48. The van der Waals surface area contributed by atoms with Crippen LogP contribution in [0.4, 0.5) is 36.7 Å². The van der Waals surface area contributed by atoms with Gasteiger partial charge in [0.15, 0.2) is 0 Å². The summed E-state index contributed by atoms with van der Waals surface area (Å²) in [7, 11) is 0. The van der Waals surface area contributed by atoms with Crippen LogP contribution in [-0.4, -0.2) is 22.1 Å². The molecule has 1 atom stereocenters. The zero-order valence-corrected chi connectivity index (χ0v) is 21.5. The van der Waals surface area contributed by atoms with Gasteiger partial charge in [-0.15, -0.1) is 13.2 Å². The molecule has 0 aliphatic heterocycles. The molecular formula is C24H16Cl3F7N4O. The summed E-state index contributed by atoms with van der Waals surface area (Å²) in [5, 5.41) is -0.901. The summed E-state index contributed by atoms with van der Waals surface area (Å²) in [6.07, 6.45) is -7.57. The van der Waals surface area contributed by atoms with Crippen LogP contribution in [0.2, 0.25) is 15.1 Å². The largest absolute Gasteiger partial charge is 0.417 e. The Labute approximate surface area is 232 Å². The number of carbonyl (C=O) groups excluding carboxylic acids is 1. The van der Waals surface area contributed by atoms with Crippen LogP contribution < -0.4 is 10.9 Å². The first-order valence-electron chi connectivity index (χ1n) is 10.3. The average molecular weight is 616 g/mol. The predicted octanol–water partition coefficient (Wildman–Crippen LogP) is 8.67. The molecule has 1 unspecified atom stereocenters. The average Bonchev–Trinajstić information content (AvgIpc) is 2.88. The van der Waals surface area contributed by atoms with Crippen LogP contribution in [0.1, 0.15) is 33.0 Å². The number of benzene rings is 2. The third kappa shape index (κ3) is 8.32. The normalized spacial score (nSPS) is 12.7. The number of alkyl halides is 6. The number of anilines is 1. The molecule has 2 aromatic carbocycles. The van der Waals surface area contributed by atoms with Crippen molar-refractivity contribution in [1.29, 1.82) is 0 Å². The van der Waals surface area contributed by atoms with E-state index in [2.05, 4.69) is 28.6 Å². The lowest BCUT2D eigenvalue weighted by Crippen LogP contribution is -2.32. The number of allylic oxidation sites excluding steroid dienone is 1. The SMILES string of the molecule is C=C.O=C(NNc1ncccn1)c1ccc(/C(F)=C/C(c2cc(Cl)c(Cl)c(Cl)c2)C(F)(F)F)cc1C(F)(F)F. The molecule has 0 saturated carbocycles. The summed E-state index contributed by atoms with van der Waals surface area (Å²) in [6, 6.07) is 4.65. The summed E-state index contributed by atoms with van der Waals surface area (Å²) < 4.78 is 97.1. The second kappa shape index (κ2) is 13.1. The quantitative estimate of drug-likeness (QED) is 0.126. The summed E-state index contributed by atoms with van der Waals surface area (Å²) in [6.45, 7) is 6.00. The van der Waals surface area contributed by atoms with Gasteiger partial charge in [0.05, 0.1) is 26.2 Å². The van der Waals surface area contributed by atoms with E-state index >= 15 is 0 Å². The van der Waals surface area contributed by atoms with Crippen LogP contribution in [-0.2, 0) is 6.18 Å². The van der Waals surface area contributed by atoms with Crippen LogP contribution in [0, 0.1) is 0 Å². The van der Waals surface area contributed by atoms with Crippen molar-refractivity contribution in [1.82, 2.24) is 15.4 Å². The number of carbonyl (C=O) groups is 1. The number of nitrogens with one attached hydrogen (secondary N) is 2. The first-order valence-corrected chi connectivity index (χ1v) is 11.5. The molecule has 0 saturated heterocycles.